The zero-order chi connectivity index (χ0) is 14.0. The Bertz CT molecular complexity index is 572. The van der Waals surface area contributed by atoms with E-state index in [0.29, 0.717) is 12.5 Å². The van der Waals surface area contributed by atoms with E-state index in [1.807, 2.05) is 0 Å². The number of carbonyl (C=O) groups excluding carboxylic acids is 1. The quantitative estimate of drug-likeness (QED) is 0.728. The minimum absolute atomic E-state index is 0. The van der Waals surface area contributed by atoms with E-state index in [-0.39, 0.29) is 24.2 Å². The molecule has 1 aliphatic rings. The molecule has 0 aliphatic carbocycles. The zero-order valence-electron chi connectivity index (χ0n) is 11.0. The van der Waals surface area contributed by atoms with Crippen LogP contribution in [0.4, 0.5) is 0 Å². The molecule has 1 amide bonds. The van der Waals surface area contributed by atoms with Crippen molar-refractivity contribution >= 4 is 28.3 Å². The van der Waals surface area contributed by atoms with Crippen molar-refractivity contribution < 1.29 is 17.6 Å². The van der Waals surface area contributed by atoms with Crippen LogP contribution in [0.3, 0.4) is 0 Å². The van der Waals surface area contributed by atoms with Gasteiger partial charge in [0.15, 0.2) is 5.76 Å². The minimum Gasteiger partial charge on any atom is -0.438 e. The predicted octanol–water partition coefficient (Wildman–Crippen LogP) is 0.0766. The van der Waals surface area contributed by atoms with Crippen molar-refractivity contribution in [3.8, 4) is 0 Å². The van der Waals surface area contributed by atoms with Gasteiger partial charge in [-0.05, 0) is 31.0 Å². The van der Waals surface area contributed by atoms with Crippen LogP contribution in [-0.4, -0.2) is 33.5 Å². The molecule has 7 nitrogen and oxygen atoms in total. The maximum atomic E-state index is 11.9. The number of hydrogen-bond donors (Lipinski definition) is 3. The smallest absolute Gasteiger partial charge is 0.287 e. The van der Waals surface area contributed by atoms with E-state index in [4.69, 9.17) is 9.56 Å². The number of sulfonamides is 1. The van der Waals surface area contributed by atoms with Gasteiger partial charge in [-0.25, -0.2) is 13.6 Å². The zero-order valence-corrected chi connectivity index (χ0v) is 12.6. The Morgan fingerprint density at radius 1 is 1.50 bits per heavy atom. The van der Waals surface area contributed by atoms with Crippen LogP contribution in [0.1, 0.15) is 23.9 Å². The maximum Gasteiger partial charge on any atom is 0.287 e. The average molecular weight is 324 g/mol. The molecule has 2 rings (SSSR count). The van der Waals surface area contributed by atoms with Gasteiger partial charge in [-0.3, -0.25) is 4.79 Å². The van der Waals surface area contributed by atoms with Gasteiger partial charge in [-0.15, -0.1) is 12.4 Å². The van der Waals surface area contributed by atoms with E-state index in [1.165, 1.54) is 12.1 Å². The van der Waals surface area contributed by atoms with Gasteiger partial charge in [0, 0.05) is 12.6 Å². The van der Waals surface area contributed by atoms with E-state index < -0.39 is 21.0 Å². The second-order valence-electron chi connectivity index (χ2n) is 4.71. The summed E-state index contributed by atoms with van der Waals surface area (Å²) in [6, 6.07) is 2.48. The Labute approximate surface area is 123 Å². The van der Waals surface area contributed by atoms with Gasteiger partial charge in [0.1, 0.15) is 0 Å². The highest BCUT2D eigenvalue weighted by Crippen LogP contribution is 2.15. The van der Waals surface area contributed by atoms with E-state index in [9.17, 15) is 13.2 Å². The third-order valence-electron chi connectivity index (χ3n) is 3.23. The molecule has 1 aliphatic heterocycles. The molecule has 0 bridgehead atoms. The number of primary sulfonamides is 1. The van der Waals surface area contributed by atoms with Crippen molar-refractivity contribution in [1.29, 1.82) is 0 Å². The number of piperidine rings is 1. The number of halogens is 1. The summed E-state index contributed by atoms with van der Waals surface area (Å²) in [6.45, 7) is 3.68. The number of amides is 1. The molecular formula is C11H18ClN3O4S. The SMILES string of the molecule is CC1CCNCC1NC(=O)c1ccc(S(N)(=O)=O)o1.Cl. The summed E-state index contributed by atoms with van der Waals surface area (Å²) in [5, 5.41) is 10.5. The molecular weight excluding hydrogens is 306 g/mol. The molecule has 0 aromatic carbocycles. The van der Waals surface area contributed by atoms with Crippen molar-refractivity contribution in [2.45, 2.75) is 24.5 Å². The molecule has 0 radical (unpaired) electrons. The number of nitrogens with one attached hydrogen (secondary N) is 2. The highest BCUT2D eigenvalue weighted by atomic mass is 35.5. The standard InChI is InChI=1S/C11H17N3O4S.ClH/c1-7-4-5-13-6-8(7)14-11(15)9-2-3-10(18-9)19(12,16)17;/h2-3,7-8,13H,4-6H2,1H3,(H,14,15)(H2,12,16,17);1H. The largest absolute Gasteiger partial charge is 0.438 e. The molecule has 1 saturated heterocycles. The predicted molar refractivity (Wildman–Crippen MR) is 75.2 cm³/mol. The molecule has 114 valence electrons. The molecule has 9 heteroatoms. The summed E-state index contributed by atoms with van der Waals surface area (Å²) >= 11 is 0. The highest BCUT2D eigenvalue weighted by molar-refractivity contribution is 7.89. The number of hydrogen-bond acceptors (Lipinski definition) is 5. The van der Waals surface area contributed by atoms with Crippen molar-refractivity contribution in [1.82, 2.24) is 10.6 Å². The van der Waals surface area contributed by atoms with Gasteiger partial charge < -0.3 is 15.1 Å². The van der Waals surface area contributed by atoms with Gasteiger partial charge in [-0.2, -0.15) is 0 Å². The van der Waals surface area contributed by atoms with Crippen LogP contribution in [0.5, 0.6) is 0 Å². The van der Waals surface area contributed by atoms with Crippen LogP contribution in [-0.2, 0) is 10.0 Å². The molecule has 4 N–H and O–H groups in total. The van der Waals surface area contributed by atoms with Crippen molar-refractivity contribution in [3.05, 3.63) is 17.9 Å². The molecule has 1 aromatic rings. The topological polar surface area (TPSA) is 114 Å². The molecule has 2 heterocycles. The van der Waals surface area contributed by atoms with Gasteiger partial charge in [0.05, 0.1) is 0 Å². The molecule has 2 atom stereocenters. The van der Waals surface area contributed by atoms with E-state index >= 15 is 0 Å². The molecule has 0 spiro atoms. The molecule has 0 saturated carbocycles. The number of rotatable bonds is 3. The lowest BCUT2D eigenvalue weighted by atomic mass is 9.95. The maximum absolute atomic E-state index is 11.9. The first-order valence-electron chi connectivity index (χ1n) is 6.02. The third kappa shape index (κ3) is 3.95. The highest BCUT2D eigenvalue weighted by Gasteiger charge is 2.25. The van der Waals surface area contributed by atoms with Crippen LogP contribution >= 0.6 is 12.4 Å². The van der Waals surface area contributed by atoms with Crippen LogP contribution < -0.4 is 15.8 Å². The lowest BCUT2D eigenvalue weighted by molar-refractivity contribution is 0.0881. The molecule has 20 heavy (non-hydrogen) atoms. The van der Waals surface area contributed by atoms with Crippen molar-refractivity contribution in [2.24, 2.45) is 11.1 Å². The summed E-state index contributed by atoms with van der Waals surface area (Å²) in [5.74, 6) is -0.130. The fraction of sp³-hybridized carbons (Fsp3) is 0.545. The van der Waals surface area contributed by atoms with E-state index in [0.717, 1.165) is 13.0 Å². The van der Waals surface area contributed by atoms with Gasteiger partial charge in [0.25, 0.3) is 15.9 Å². The van der Waals surface area contributed by atoms with Crippen LogP contribution in [0.25, 0.3) is 0 Å². The summed E-state index contributed by atoms with van der Waals surface area (Å²) in [4.78, 5) is 11.9. The van der Waals surface area contributed by atoms with Gasteiger partial charge in [-0.1, -0.05) is 6.92 Å². The Kier molecular flexibility index (Phi) is 5.58. The van der Waals surface area contributed by atoms with Crippen molar-refractivity contribution in [2.75, 3.05) is 13.1 Å². The van der Waals surface area contributed by atoms with Crippen LogP contribution in [0, 0.1) is 5.92 Å². The van der Waals surface area contributed by atoms with Gasteiger partial charge >= 0.3 is 0 Å². The lowest BCUT2D eigenvalue weighted by Crippen LogP contribution is -2.50. The molecule has 1 aromatic heterocycles. The Hall–Kier alpha value is -1.09. The first-order valence-corrected chi connectivity index (χ1v) is 7.57. The number of furan rings is 1. The monoisotopic (exact) mass is 323 g/mol. The Morgan fingerprint density at radius 3 is 2.75 bits per heavy atom. The van der Waals surface area contributed by atoms with Gasteiger partial charge in [0.2, 0.25) is 5.09 Å². The first kappa shape index (κ1) is 17.0. The minimum atomic E-state index is -3.92. The second kappa shape index (κ2) is 6.57. The van der Waals surface area contributed by atoms with Crippen LogP contribution in [0.15, 0.2) is 21.6 Å². The summed E-state index contributed by atoms with van der Waals surface area (Å²) in [7, 11) is -3.92. The summed E-state index contributed by atoms with van der Waals surface area (Å²) in [5.41, 5.74) is 0. The first-order chi connectivity index (χ1) is 8.88. The molecule has 1 fully saturated rings. The molecule has 2 unspecified atom stereocenters. The fourth-order valence-electron chi connectivity index (χ4n) is 2.02. The Balaban J connectivity index is 0.00000200. The lowest BCUT2D eigenvalue weighted by Gasteiger charge is -2.29. The normalized spacial score (nSPS) is 22.9. The summed E-state index contributed by atoms with van der Waals surface area (Å²) < 4.78 is 27.0. The Morgan fingerprint density at radius 2 is 2.20 bits per heavy atom. The third-order valence-corrected chi connectivity index (χ3v) is 4.01. The second-order valence-corrected chi connectivity index (χ2v) is 6.21. The van der Waals surface area contributed by atoms with E-state index in [2.05, 4.69) is 17.6 Å². The van der Waals surface area contributed by atoms with Crippen molar-refractivity contribution in [3.63, 3.8) is 0 Å². The number of nitrogens with two attached hydrogens (primary N) is 1. The number of carbonyl (C=O) groups is 1. The summed E-state index contributed by atoms with van der Waals surface area (Å²) in [6.07, 6.45) is 0.978. The average Bonchev–Trinajstić information content (AvgIpc) is 2.81. The fourth-order valence-corrected chi connectivity index (χ4v) is 2.48. The van der Waals surface area contributed by atoms with E-state index in [1.54, 1.807) is 0 Å². The van der Waals surface area contributed by atoms with Crippen LogP contribution in [0.2, 0.25) is 0 Å².